The van der Waals surface area contributed by atoms with Gasteiger partial charge in [0.25, 0.3) is 0 Å². The molecule has 4 aromatic rings. The standard InChI is InChI=1S/C15H9NO6/c1-19-13-8-3-5-20-12(8)11(7-2-4-21-14(7)13)10-6-9(15(17)18)16-22-10/h2-6H,1H3,(H,17,18). The molecule has 0 aliphatic heterocycles. The van der Waals surface area contributed by atoms with Gasteiger partial charge in [0.15, 0.2) is 22.8 Å². The van der Waals surface area contributed by atoms with E-state index >= 15 is 0 Å². The van der Waals surface area contributed by atoms with E-state index in [9.17, 15) is 4.79 Å². The fourth-order valence-corrected chi connectivity index (χ4v) is 2.55. The number of furan rings is 2. The highest BCUT2D eigenvalue weighted by atomic mass is 16.5. The summed E-state index contributed by atoms with van der Waals surface area (Å²) in [4.78, 5) is 11.0. The predicted octanol–water partition coefficient (Wildman–Crippen LogP) is 3.54. The van der Waals surface area contributed by atoms with Crippen molar-refractivity contribution in [1.82, 2.24) is 5.16 Å². The Morgan fingerprint density at radius 2 is 1.91 bits per heavy atom. The van der Waals surface area contributed by atoms with Gasteiger partial charge in [-0.25, -0.2) is 4.79 Å². The van der Waals surface area contributed by atoms with Gasteiger partial charge in [0, 0.05) is 11.5 Å². The van der Waals surface area contributed by atoms with Gasteiger partial charge >= 0.3 is 5.97 Å². The topological polar surface area (TPSA) is 98.8 Å². The molecule has 0 saturated heterocycles. The van der Waals surface area contributed by atoms with Gasteiger partial charge < -0.3 is 23.2 Å². The Morgan fingerprint density at radius 1 is 1.18 bits per heavy atom. The first-order valence-electron chi connectivity index (χ1n) is 6.35. The Balaban J connectivity index is 2.12. The normalized spacial score (nSPS) is 11.3. The van der Waals surface area contributed by atoms with Gasteiger partial charge in [-0.1, -0.05) is 5.16 Å². The number of aromatic carboxylic acids is 1. The first-order chi connectivity index (χ1) is 10.7. The third-order valence-corrected chi connectivity index (χ3v) is 3.46. The largest absolute Gasteiger partial charge is 0.492 e. The van der Waals surface area contributed by atoms with Crippen LogP contribution in [0.5, 0.6) is 5.75 Å². The number of hydrogen-bond donors (Lipinski definition) is 1. The summed E-state index contributed by atoms with van der Waals surface area (Å²) in [5.41, 5.74) is 1.44. The Hall–Kier alpha value is -3.22. The fourth-order valence-electron chi connectivity index (χ4n) is 2.55. The third kappa shape index (κ3) is 1.56. The molecule has 110 valence electrons. The van der Waals surface area contributed by atoms with Crippen LogP contribution in [-0.4, -0.2) is 23.3 Å². The van der Waals surface area contributed by atoms with Crippen LogP contribution in [0.4, 0.5) is 0 Å². The summed E-state index contributed by atoms with van der Waals surface area (Å²) in [6, 6.07) is 4.82. The van der Waals surface area contributed by atoms with Crippen molar-refractivity contribution in [2.75, 3.05) is 7.11 Å². The SMILES string of the molecule is COc1c2ccoc2c(-c2cc(C(=O)O)no2)c2ccoc12. The molecule has 4 rings (SSSR count). The molecule has 22 heavy (non-hydrogen) atoms. The molecule has 3 aromatic heterocycles. The number of methoxy groups -OCH3 is 1. The minimum Gasteiger partial charge on any atom is -0.492 e. The molecule has 0 aliphatic carbocycles. The Kier molecular flexibility index (Phi) is 2.50. The van der Waals surface area contributed by atoms with Crippen LogP contribution in [-0.2, 0) is 0 Å². The highest BCUT2D eigenvalue weighted by Crippen LogP contribution is 2.44. The minimum absolute atomic E-state index is 0.179. The number of hydrogen-bond acceptors (Lipinski definition) is 6. The zero-order chi connectivity index (χ0) is 15.3. The summed E-state index contributed by atoms with van der Waals surface area (Å²) in [5.74, 6) is -0.334. The van der Waals surface area contributed by atoms with Crippen molar-refractivity contribution < 1.29 is 28.0 Å². The quantitative estimate of drug-likeness (QED) is 0.617. The van der Waals surface area contributed by atoms with Crippen LogP contribution in [0.1, 0.15) is 10.5 Å². The zero-order valence-electron chi connectivity index (χ0n) is 11.3. The molecule has 0 bridgehead atoms. The van der Waals surface area contributed by atoms with Crippen LogP contribution < -0.4 is 4.74 Å². The summed E-state index contributed by atoms with van der Waals surface area (Å²) in [6.07, 6.45) is 3.04. The molecule has 0 aliphatic rings. The van der Waals surface area contributed by atoms with Crippen LogP contribution >= 0.6 is 0 Å². The van der Waals surface area contributed by atoms with Gasteiger partial charge in [-0.05, 0) is 12.1 Å². The first kappa shape index (κ1) is 12.5. The van der Waals surface area contributed by atoms with Gasteiger partial charge in [-0.2, -0.15) is 0 Å². The van der Waals surface area contributed by atoms with E-state index in [2.05, 4.69) is 5.16 Å². The van der Waals surface area contributed by atoms with E-state index < -0.39 is 5.97 Å². The summed E-state index contributed by atoms with van der Waals surface area (Å²) in [5, 5.41) is 13.9. The summed E-state index contributed by atoms with van der Waals surface area (Å²) in [6.45, 7) is 0. The minimum atomic E-state index is -1.16. The molecule has 1 aromatic carbocycles. The summed E-state index contributed by atoms with van der Waals surface area (Å²) in [7, 11) is 1.54. The second kappa shape index (κ2) is 4.39. The van der Waals surface area contributed by atoms with Crippen LogP contribution in [0.2, 0.25) is 0 Å². The molecular formula is C15H9NO6. The molecule has 0 fully saturated rings. The number of carboxylic acid groups (broad SMARTS) is 1. The Bertz CT molecular complexity index is 954. The van der Waals surface area contributed by atoms with Crippen molar-refractivity contribution in [1.29, 1.82) is 0 Å². The molecule has 0 atom stereocenters. The zero-order valence-corrected chi connectivity index (χ0v) is 11.3. The predicted molar refractivity (Wildman–Crippen MR) is 75.0 cm³/mol. The molecule has 0 saturated carbocycles. The average molecular weight is 299 g/mol. The Labute approximate surface area is 122 Å². The lowest BCUT2D eigenvalue weighted by molar-refractivity contribution is 0.0686. The maximum atomic E-state index is 11.0. The molecule has 0 spiro atoms. The fraction of sp³-hybridized carbons (Fsp3) is 0.0667. The summed E-state index contributed by atoms with van der Waals surface area (Å²) < 4.78 is 21.6. The number of carboxylic acids is 1. The van der Waals surface area contributed by atoms with Crippen molar-refractivity contribution in [2.45, 2.75) is 0 Å². The van der Waals surface area contributed by atoms with E-state index in [1.54, 1.807) is 19.2 Å². The van der Waals surface area contributed by atoms with Gasteiger partial charge in [-0.15, -0.1) is 0 Å². The monoisotopic (exact) mass is 299 g/mol. The van der Waals surface area contributed by atoms with Crippen LogP contribution in [0.3, 0.4) is 0 Å². The van der Waals surface area contributed by atoms with Crippen LogP contribution in [0.15, 0.2) is 44.1 Å². The number of rotatable bonds is 3. The van der Waals surface area contributed by atoms with E-state index in [0.717, 1.165) is 0 Å². The first-order valence-corrected chi connectivity index (χ1v) is 6.35. The number of carbonyl (C=O) groups is 1. The lowest BCUT2D eigenvalue weighted by atomic mass is 10.0. The smallest absolute Gasteiger partial charge is 0.358 e. The molecule has 0 radical (unpaired) electrons. The van der Waals surface area contributed by atoms with E-state index in [4.69, 9.17) is 23.2 Å². The molecule has 1 N–H and O–H groups in total. The number of ether oxygens (including phenoxy) is 1. The number of aromatic nitrogens is 1. The van der Waals surface area contributed by atoms with Gasteiger partial charge in [-0.3, -0.25) is 0 Å². The summed E-state index contributed by atoms with van der Waals surface area (Å²) >= 11 is 0. The second-order valence-electron chi connectivity index (χ2n) is 4.62. The van der Waals surface area contributed by atoms with E-state index in [1.807, 2.05) is 0 Å². The van der Waals surface area contributed by atoms with Crippen molar-refractivity contribution >= 4 is 27.9 Å². The lowest BCUT2D eigenvalue weighted by Gasteiger charge is -2.06. The highest BCUT2D eigenvalue weighted by molar-refractivity contribution is 6.12. The number of benzene rings is 1. The third-order valence-electron chi connectivity index (χ3n) is 3.46. The molecule has 7 heteroatoms. The molecule has 0 unspecified atom stereocenters. The average Bonchev–Trinajstić information content (AvgIpc) is 3.23. The second-order valence-corrected chi connectivity index (χ2v) is 4.62. The number of fused-ring (bicyclic) bond motifs is 2. The maximum absolute atomic E-state index is 11.0. The lowest BCUT2D eigenvalue weighted by Crippen LogP contribution is -1.94. The van der Waals surface area contributed by atoms with E-state index in [-0.39, 0.29) is 11.5 Å². The number of nitrogens with zero attached hydrogens (tertiary/aromatic N) is 1. The highest BCUT2D eigenvalue weighted by Gasteiger charge is 2.24. The Morgan fingerprint density at radius 3 is 2.59 bits per heavy atom. The van der Waals surface area contributed by atoms with Gasteiger partial charge in [0.05, 0.1) is 30.6 Å². The van der Waals surface area contributed by atoms with Crippen molar-refractivity contribution in [2.24, 2.45) is 0 Å². The maximum Gasteiger partial charge on any atom is 0.358 e. The van der Waals surface area contributed by atoms with Gasteiger partial charge in [0.2, 0.25) is 0 Å². The molecule has 3 heterocycles. The van der Waals surface area contributed by atoms with E-state index in [0.29, 0.717) is 33.3 Å². The van der Waals surface area contributed by atoms with Gasteiger partial charge in [0.1, 0.15) is 5.58 Å². The van der Waals surface area contributed by atoms with Crippen LogP contribution in [0, 0.1) is 0 Å². The molecular weight excluding hydrogens is 290 g/mol. The van der Waals surface area contributed by atoms with Crippen LogP contribution in [0.25, 0.3) is 33.3 Å². The van der Waals surface area contributed by atoms with Crippen molar-refractivity contribution in [3.8, 4) is 17.1 Å². The molecule has 7 nitrogen and oxygen atoms in total. The van der Waals surface area contributed by atoms with Crippen molar-refractivity contribution in [3.05, 3.63) is 36.4 Å². The molecule has 0 amide bonds. The van der Waals surface area contributed by atoms with Crippen molar-refractivity contribution in [3.63, 3.8) is 0 Å². The van der Waals surface area contributed by atoms with E-state index in [1.165, 1.54) is 18.6 Å².